The SMILES string of the molecule is Cc1ccc(C2=C(Sc3ccccc3)C(=O)N(c3ccccc3C)C2=O)cc1C. The fourth-order valence-corrected chi connectivity index (χ4v) is 4.41. The van der Waals surface area contributed by atoms with E-state index >= 15 is 0 Å². The largest absolute Gasteiger partial charge is 0.272 e. The summed E-state index contributed by atoms with van der Waals surface area (Å²) in [6.45, 7) is 5.96. The molecular weight excluding hydrogens is 378 g/mol. The van der Waals surface area contributed by atoms with Gasteiger partial charge in [-0.05, 0) is 61.2 Å². The van der Waals surface area contributed by atoms with Gasteiger partial charge < -0.3 is 0 Å². The molecule has 4 rings (SSSR count). The fourth-order valence-electron chi connectivity index (χ4n) is 3.40. The second-order valence-corrected chi connectivity index (χ2v) is 8.23. The summed E-state index contributed by atoms with van der Waals surface area (Å²) in [5.74, 6) is -0.544. The van der Waals surface area contributed by atoms with Crippen LogP contribution in [-0.2, 0) is 9.59 Å². The van der Waals surface area contributed by atoms with Gasteiger partial charge in [-0.2, -0.15) is 0 Å². The molecule has 0 aromatic heterocycles. The minimum Gasteiger partial charge on any atom is -0.268 e. The van der Waals surface area contributed by atoms with Crippen LogP contribution in [0.1, 0.15) is 22.3 Å². The minimum atomic E-state index is -0.272. The Morgan fingerprint density at radius 3 is 2.07 bits per heavy atom. The highest BCUT2D eigenvalue weighted by atomic mass is 32.2. The Morgan fingerprint density at radius 1 is 0.690 bits per heavy atom. The summed E-state index contributed by atoms with van der Waals surface area (Å²) in [5.41, 5.74) is 5.01. The van der Waals surface area contributed by atoms with Gasteiger partial charge in [0.15, 0.2) is 0 Å². The van der Waals surface area contributed by atoms with Crippen molar-refractivity contribution in [3.05, 3.63) is 100.0 Å². The van der Waals surface area contributed by atoms with Gasteiger partial charge in [-0.25, -0.2) is 4.90 Å². The number of hydrogen-bond acceptors (Lipinski definition) is 3. The second kappa shape index (κ2) is 7.72. The van der Waals surface area contributed by atoms with Crippen LogP contribution in [0, 0.1) is 20.8 Å². The van der Waals surface area contributed by atoms with Crippen molar-refractivity contribution >= 4 is 34.8 Å². The van der Waals surface area contributed by atoms with E-state index in [0.29, 0.717) is 16.2 Å². The number of para-hydroxylation sites is 1. The third-order valence-corrected chi connectivity index (χ3v) is 6.25. The molecule has 0 fully saturated rings. The van der Waals surface area contributed by atoms with E-state index in [1.165, 1.54) is 16.7 Å². The monoisotopic (exact) mass is 399 g/mol. The van der Waals surface area contributed by atoms with Crippen LogP contribution in [0.4, 0.5) is 5.69 Å². The highest BCUT2D eigenvalue weighted by Crippen LogP contribution is 2.42. The number of nitrogens with zero attached hydrogens (tertiary/aromatic N) is 1. The van der Waals surface area contributed by atoms with Crippen LogP contribution >= 0.6 is 11.8 Å². The Kier molecular flexibility index (Phi) is 5.12. The molecule has 3 nitrogen and oxygen atoms in total. The van der Waals surface area contributed by atoms with Gasteiger partial charge in [-0.3, -0.25) is 9.59 Å². The third kappa shape index (κ3) is 3.52. The quantitative estimate of drug-likeness (QED) is 0.529. The molecule has 29 heavy (non-hydrogen) atoms. The number of thioether (sulfide) groups is 1. The molecule has 0 bridgehead atoms. The summed E-state index contributed by atoms with van der Waals surface area (Å²) in [4.78, 5) is 29.6. The highest BCUT2D eigenvalue weighted by Gasteiger charge is 2.41. The van der Waals surface area contributed by atoms with Crippen LogP contribution in [0.5, 0.6) is 0 Å². The molecule has 0 atom stereocenters. The van der Waals surface area contributed by atoms with Crippen LogP contribution in [0.25, 0.3) is 5.57 Å². The molecule has 0 aliphatic carbocycles. The number of carbonyl (C=O) groups is 2. The lowest BCUT2D eigenvalue weighted by Crippen LogP contribution is -2.31. The summed E-state index contributed by atoms with van der Waals surface area (Å²) in [6.07, 6.45) is 0. The zero-order valence-corrected chi connectivity index (χ0v) is 17.4. The lowest BCUT2D eigenvalue weighted by molar-refractivity contribution is -0.119. The highest BCUT2D eigenvalue weighted by molar-refractivity contribution is 8.04. The van der Waals surface area contributed by atoms with E-state index in [-0.39, 0.29) is 11.8 Å². The van der Waals surface area contributed by atoms with Crippen molar-refractivity contribution in [2.45, 2.75) is 25.7 Å². The third-order valence-electron chi connectivity index (χ3n) is 5.16. The van der Waals surface area contributed by atoms with Crippen LogP contribution in [0.15, 0.2) is 82.6 Å². The first kappa shape index (κ1) is 19.2. The van der Waals surface area contributed by atoms with E-state index in [9.17, 15) is 9.59 Å². The molecule has 0 N–H and O–H groups in total. The number of imide groups is 1. The van der Waals surface area contributed by atoms with Crippen molar-refractivity contribution in [2.24, 2.45) is 0 Å². The molecule has 0 unspecified atom stereocenters. The maximum atomic E-state index is 13.5. The maximum Gasteiger partial charge on any atom is 0.272 e. The molecular formula is C25H21NO2S. The van der Waals surface area contributed by atoms with Crippen molar-refractivity contribution in [1.82, 2.24) is 0 Å². The summed E-state index contributed by atoms with van der Waals surface area (Å²) in [5, 5.41) is 0. The zero-order chi connectivity index (χ0) is 20.5. The van der Waals surface area contributed by atoms with Gasteiger partial charge in [0.25, 0.3) is 11.8 Å². The van der Waals surface area contributed by atoms with Crippen LogP contribution in [0.3, 0.4) is 0 Å². The molecule has 1 heterocycles. The zero-order valence-electron chi connectivity index (χ0n) is 16.6. The smallest absolute Gasteiger partial charge is 0.268 e. The Bertz CT molecular complexity index is 1150. The molecule has 144 valence electrons. The average Bonchev–Trinajstić information content (AvgIpc) is 2.95. The lowest BCUT2D eigenvalue weighted by Gasteiger charge is -2.17. The van der Waals surface area contributed by atoms with Gasteiger partial charge >= 0.3 is 0 Å². The van der Waals surface area contributed by atoms with Crippen molar-refractivity contribution in [1.29, 1.82) is 0 Å². The Balaban J connectivity index is 1.87. The van der Waals surface area contributed by atoms with E-state index in [0.717, 1.165) is 27.1 Å². The molecule has 0 saturated heterocycles. The molecule has 0 spiro atoms. The number of anilines is 1. The first-order valence-corrected chi connectivity index (χ1v) is 10.3. The predicted octanol–water partition coefficient (Wildman–Crippen LogP) is 5.69. The molecule has 1 aliphatic rings. The molecule has 4 heteroatoms. The van der Waals surface area contributed by atoms with Crippen molar-refractivity contribution < 1.29 is 9.59 Å². The molecule has 3 aromatic carbocycles. The second-order valence-electron chi connectivity index (χ2n) is 7.15. The van der Waals surface area contributed by atoms with E-state index in [1.807, 2.05) is 93.6 Å². The van der Waals surface area contributed by atoms with E-state index in [2.05, 4.69) is 0 Å². The number of benzene rings is 3. The molecule has 1 aliphatic heterocycles. The van der Waals surface area contributed by atoms with Crippen molar-refractivity contribution in [3.63, 3.8) is 0 Å². The topological polar surface area (TPSA) is 37.4 Å². The Labute approximate surface area is 175 Å². The van der Waals surface area contributed by atoms with E-state index in [1.54, 1.807) is 0 Å². The van der Waals surface area contributed by atoms with Crippen molar-refractivity contribution in [2.75, 3.05) is 4.90 Å². The number of carbonyl (C=O) groups excluding carboxylic acids is 2. The van der Waals surface area contributed by atoms with Gasteiger partial charge in [-0.15, -0.1) is 0 Å². The van der Waals surface area contributed by atoms with Gasteiger partial charge in [0, 0.05) is 4.90 Å². The normalized spacial score (nSPS) is 14.1. The molecule has 0 radical (unpaired) electrons. The predicted molar refractivity (Wildman–Crippen MR) is 119 cm³/mol. The number of rotatable bonds is 4. The van der Waals surface area contributed by atoms with Crippen LogP contribution in [0.2, 0.25) is 0 Å². The Morgan fingerprint density at radius 2 is 1.38 bits per heavy atom. The van der Waals surface area contributed by atoms with Crippen molar-refractivity contribution in [3.8, 4) is 0 Å². The minimum absolute atomic E-state index is 0.272. The molecule has 3 aromatic rings. The van der Waals surface area contributed by atoms with Gasteiger partial charge in [-0.1, -0.05) is 66.4 Å². The van der Waals surface area contributed by atoms with Crippen LogP contribution < -0.4 is 4.90 Å². The first-order chi connectivity index (χ1) is 14.0. The Hall–Kier alpha value is -3.11. The summed E-state index contributed by atoms with van der Waals surface area (Å²) < 4.78 is 0. The van der Waals surface area contributed by atoms with Gasteiger partial charge in [0.1, 0.15) is 0 Å². The van der Waals surface area contributed by atoms with Gasteiger partial charge in [0.2, 0.25) is 0 Å². The average molecular weight is 400 g/mol. The lowest BCUT2D eigenvalue weighted by atomic mass is 10.0. The van der Waals surface area contributed by atoms with E-state index in [4.69, 9.17) is 0 Å². The fraction of sp³-hybridized carbons (Fsp3) is 0.120. The summed E-state index contributed by atoms with van der Waals surface area (Å²) in [6, 6.07) is 23.1. The number of hydrogen-bond donors (Lipinski definition) is 0. The van der Waals surface area contributed by atoms with Gasteiger partial charge in [0.05, 0.1) is 16.2 Å². The van der Waals surface area contributed by atoms with E-state index < -0.39 is 0 Å². The number of aryl methyl sites for hydroxylation is 3. The molecule has 0 saturated carbocycles. The summed E-state index contributed by atoms with van der Waals surface area (Å²) in [7, 11) is 0. The molecule has 2 amide bonds. The maximum absolute atomic E-state index is 13.5. The first-order valence-electron chi connectivity index (χ1n) is 9.46. The van der Waals surface area contributed by atoms with Crippen LogP contribution in [-0.4, -0.2) is 11.8 Å². The number of amides is 2. The summed E-state index contributed by atoms with van der Waals surface area (Å²) >= 11 is 1.35. The standard InChI is InChI=1S/C25H21NO2S/c1-16-13-14-19(15-18(16)3)22-23(29-20-10-5-4-6-11-20)25(28)26(24(22)27)21-12-8-7-9-17(21)2/h4-15H,1-3H3.